The van der Waals surface area contributed by atoms with Crippen LogP contribution in [-0.2, 0) is 4.74 Å². The first-order valence-electron chi connectivity index (χ1n) is 13.0. The number of nitrogens with zero attached hydrogens (tertiary/aromatic N) is 4. The average molecular weight is 563 g/mol. The van der Waals surface area contributed by atoms with Gasteiger partial charge in [0.05, 0.1) is 27.9 Å². The van der Waals surface area contributed by atoms with E-state index in [1.807, 2.05) is 30.3 Å². The number of carbonyl (C=O) groups is 2. The van der Waals surface area contributed by atoms with E-state index in [4.69, 9.17) is 4.74 Å². The van der Waals surface area contributed by atoms with E-state index in [1.165, 1.54) is 12.1 Å². The maximum atomic E-state index is 13.5. The van der Waals surface area contributed by atoms with Crippen LogP contribution in [0.15, 0.2) is 70.9 Å². The number of ketones is 2. The Labute approximate surface area is 241 Å². The maximum absolute atomic E-state index is 13.5. The van der Waals surface area contributed by atoms with E-state index in [0.29, 0.717) is 36.8 Å². The summed E-state index contributed by atoms with van der Waals surface area (Å²) in [5.41, 5.74) is 1.26. The Morgan fingerprint density at radius 2 is 1.62 bits per heavy atom. The van der Waals surface area contributed by atoms with E-state index in [9.17, 15) is 25.1 Å². The van der Waals surface area contributed by atoms with E-state index in [1.54, 1.807) is 20.1 Å². The van der Waals surface area contributed by atoms with Gasteiger partial charge >= 0.3 is 0 Å². The second kappa shape index (κ2) is 11.9. The second-order valence-electron chi connectivity index (χ2n) is 9.45. The maximum Gasteiger partial charge on any atom is 0.200 e. The Balaban J connectivity index is 1.60. The highest BCUT2D eigenvalue weighted by Crippen LogP contribution is 2.41. The van der Waals surface area contributed by atoms with Crippen LogP contribution in [0.2, 0.25) is 0 Å². The van der Waals surface area contributed by atoms with Crippen LogP contribution < -0.4 is 10.6 Å². The third-order valence-corrected chi connectivity index (χ3v) is 6.77. The van der Waals surface area contributed by atoms with Crippen molar-refractivity contribution in [2.45, 2.75) is 13.3 Å². The highest BCUT2D eigenvalue weighted by Gasteiger charge is 2.36. The lowest BCUT2D eigenvalue weighted by atomic mass is 9.82. The second-order valence-corrected chi connectivity index (χ2v) is 9.45. The fourth-order valence-corrected chi connectivity index (χ4v) is 4.70. The fourth-order valence-electron chi connectivity index (χ4n) is 4.70. The summed E-state index contributed by atoms with van der Waals surface area (Å²) in [5.74, 6) is -1.44. The summed E-state index contributed by atoms with van der Waals surface area (Å²) < 4.78 is 5.14. The van der Waals surface area contributed by atoms with Gasteiger partial charge < -0.3 is 25.6 Å². The van der Waals surface area contributed by atoms with Crippen molar-refractivity contribution in [3.05, 3.63) is 94.0 Å². The molecule has 0 spiro atoms. The number of benzene rings is 3. The molecule has 1 aliphatic carbocycles. The summed E-state index contributed by atoms with van der Waals surface area (Å²) >= 11 is 0. The molecule has 4 N–H and O–H groups in total. The van der Waals surface area contributed by atoms with Gasteiger partial charge in [0.2, 0.25) is 5.78 Å². The summed E-state index contributed by atoms with van der Waals surface area (Å²) in [6.45, 7) is 2.73. The number of hydrogen-bond donors (Lipinski definition) is 4. The number of aromatic hydroxyl groups is 2. The number of fused-ring (bicyclic) bond motifs is 2. The SMILES string of the molecule is COCCCNc1nc(Nc2ccccc2)c(C#N)c(C)c1/N=N/c1cccc2c1C(=O)c1c(O)ccc(O)c1C2=O. The molecule has 3 aromatic carbocycles. The lowest BCUT2D eigenvalue weighted by Gasteiger charge is -2.20. The van der Waals surface area contributed by atoms with E-state index >= 15 is 0 Å². The van der Waals surface area contributed by atoms with Crippen LogP contribution in [0.3, 0.4) is 0 Å². The third-order valence-electron chi connectivity index (χ3n) is 6.77. The zero-order valence-electron chi connectivity index (χ0n) is 22.8. The van der Waals surface area contributed by atoms with Crippen LogP contribution in [0.5, 0.6) is 11.5 Å². The van der Waals surface area contributed by atoms with Gasteiger partial charge in [-0.25, -0.2) is 4.98 Å². The van der Waals surface area contributed by atoms with Crippen molar-refractivity contribution in [3.8, 4) is 17.6 Å². The van der Waals surface area contributed by atoms with Gasteiger partial charge in [-0.05, 0) is 43.7 Å². The predicted molar refractivity (Wildman–Crippen MR) is 156 cm³/mol. The van der Waals surface area contributed by atoms with E-state index in [2.05, 4.69) is 31.9 Å². The molecule has 1 aromatic heterocycles. The Morgan fingerprint density at radius 1 is 0.905 bits per heavy atom. The molecule has 11 heteroatoms. The van der Waals surface area contributed by atoms with E-state index < -0.39 is 23.1 Å². The van der Waals surface area contributed by atoms with Crippen LogP contribution in [0.1, 0.15) is 49.4 Å². The molecule has 0 radical (unpaired) electrons. The number of phenolic OH excluding ortho intramolecular Hbond substituents is 2. The molecule has 4 aromatic rings. The molecule has 0 bridgehead atoms. The van der Waals surface area contributed by atoms with Crippen molar-refractivity contribution in [3.63, 3.8) is 0 Å². The molecule has 11 nitrogen and oxygen atoms in total. The Morgan fingerprint density at radius 3 is 2.31 bits per heavy atom. The molecule has 0 unspecified atom stereocenters. The van der Waals surface area contributed by atoms with Gasteiger partial charge in [0.15, 0.2) is 17.4 Å². The van der Waals surface area contributed by atoms with Gasteiger partial charge in [0.1, 0.15) is 23.3 Å². The number of methoxy groups -OCH3 is 1. The van der Waals surface area contributed by atoms with Gasteiger partial charge in [0.25, 0.3) is 0 Å². The standard InChI is InChI=1S/C31H26N6O5/c1-17-20(16-32)30(34-18-8-4-3-5-9-18)35-31(33-14-7-15-42-2)27(17)37-36-21-11-6-10-19-24(21)29(41)26-23(39)13-12-22(38)25(26)28(19)40/h3-6,8-13,38-39H,7,14-15H2,1-2H3,(H2,33,34,35)/b37-36+. The molecule has 210 valence electrons. The highest BCUT2D eigenvalue weighted by atomic mass is 16.5. The van der Waals surface area contributed by atoms with Crippen molar-refractivity contribution in [1.29, 1.82) is 5.26 Å². The van der Waals surface area contributed by atoms with Gasteiger partial charge in [-0.1, -0.05) is 30.3 Å². The van der Waals surface area contributed by atoms with Crippen molar-refractivity contribution >= 4 is 40.3 Å². The quantitative estimate of drug-likeness (QED) is 0.0948. The number of hydrogen-bond acceptors (Lipinski definition) is 11. The number of rotatable bonds is 9. The first-order chi connectivity index (χ1) is 20.3. The number of phenols is 2. The topological polar surface area (TPSA) is 169 Å². The van der Waals surface area contributed by atoms with Crippen molar-refractivity contribution in [2.75, 3.05) is 30.9 Å². The molecule has 0 saturated carbocycles. The van der Waals surface area contributed by atoms with Crippen LogP contribution in [0.4, 0.5) is 28.7 Å². The van der Waals surface area contributed by atoms with Crippen molar-refractivity contribution < 1.29 is 24.5 Å². The van der Waals surface area contributed by atoms with Crippen molar-refractivity contribution in [2.24, 2.45) is 10.2 Å². The monoisotopic (exact) mass is 562 g/mol. The summed E-state index contributed by atoms with van der Waals surface area (Å²) in [5, 5.41) is 45.8. The minimum Gasteiger partial charge on any atom is -0.507 e. The van der Waals surface area contributed by atoms with Gasteiger partial charge in [-0.2, -0.15) is 5.26 Å². The van der Waals surface area contributed by atoms with Crippen LogP contribution in [-0.4, -0.2) is 47.0 Å². The minimum absolute atomic E-state index is 0.0257. The molecule has 0 amide bonds. The number of azo groups is 1. The number of carbonyl (C=O) groups excluding carboxylic acids is 2. The van der Waals surface area contributed by atoms with Crippen LogP contribution in [0.25, 0.3) is 0 Å². The number of nitriles is 1. The van der Waals surface area contributed by atoms with E-state index in [0.717, 1.165) is 17.8 Å². The minimum atomic E-state index is -0.671. The number of para-hydroxylation sites is 1. The van der Waals surface area contributed by atoms with Gasteiger partial charge in [-0.15, -0.1) is 10.2 Å². The number of anilines is 3. The molecule has 0 aliphatic heterocycles. The molecule has 0 atom stereocenters. The Bertz CT molecular complexity index is 1780. The summed E-state index contributed by atoms with van der Waals surface area (Å²) in [6, 6.07) is 18.3. The lowest BCUT2D eigenvalue weighted by Crippen LogP contribution is -2.21. The first kappa shape index (κ1) is 27.9. The molecule has 1 heterocycles. The summed E-state index contributed by atoms with van der Waals surface area (Å²) in [4.78, 5) is 31.4. The number of pyridine rings is 1. The zero-order valence-corrected chi connectivity index (χ0v) is 22.8. The fraction of sp³-hybridized carbons (Fsp3) is 0.161. The highest BCUT2D eigenvalue weighted by molar-refractivity contribution is 6.31. The lowest BCUT2D eigenvalue weighted by molar-refractivity contribution is 0.0974. The van der Waals surface area contributed by atoms with Gasteiger partial charge in [0, 0.05) is 37.1 Å². The zero-order chi connectivity index (χ0) is 29.8. The van der Waals surface area contributed by atoms with E-state index in [-0.39, 0.29) is 39.2 Å². The third kappa shape index (κ3) is 5.14. The molecule has 0 fully saturated rings. The molecule has 0 saturated heterocycles. The Kier molecular flexibility index (Phi) is 7.90. The molecular formula is C31H26N6O5. The molecular weight excluding hydrogens is 536 g/mol. The van der Waals surface area contributed by atoms with Gasteiger partial charge in [-0.3, -0.25) is 9.59 Å². The molecule has 42 heavy (non-hydrogen) atoms. The first-order valence-corrected chi connectivity index (χ1v) is 13.0. The summed E-state index contributed by atoms with van der Waals surface area (Å²) in [7, 11) is 1.61. The average Bonchev–Trinajstić information content (AvgIpc) is 2.99. The number of ether oxygens (including phenoxy) is 1. The smallest absolute Gasteiger partial charge is 0.200 e. The number of nitrogens with one attached hydrogen (secondary N) is 2. The van der Waals surface area contributed by atoms with Crippen molar-refractivity contribution in [1.82, 2.24) is 4.98 Å². The summed E-state index contributed by atoms with van der Waals surface area (Å²) in [6.07, 6.45) is 0.674. The number of aromatic nitrogens is 1. The molecule has 5 rings (SSSR count). The van der Waals surface area contributed by atoms with Crippen LogP contribution >= 0.6 is 0 Å². The predicted octanol–water partition coefficient (Wildman–Crippen LogP) is 6.06. The Hall–Kier alpha value is -5.60. The largest absolute Gasteiger partial charge is 0.507 e. The normalized spacial score (nSPS) is 12.1. The van der Waals surface area contributed by atoms with Crippen LogP contribution in [0, 0.1) is 18.3 Å². The molecule has 1 aliphatic rings.